The maximum Gasteiger partial charge on any atom is 0.334 e. The predicted octanol–water partition coefficient (Wildman–Crippen LogP) is 0.222. The minimum Gasteiger partial charge on any atom is -0.479 e. The van der Waals surface area contributed by atoms with Crippen LogP contribution in [0, 0.1) is 10.1 Å². The highest BCUT2D eigenvalue weighted by Gasteiger charge is 2.17. The average molecular weight is 297 g/mol. The molecule has 0 aliphatic heterocycles. The summed E-state index contributed by atoms with van der Waals surface area (Å²) in [6.07, 6.45) is -1.14. The minimum atomic E-state index is -1.19. The molecule has 0 saturated heterocycles. The largest absolute Gasteiger partial charge is 0.479 e. The molecule has 114 valence electrons. The first-order chi connectivity index (χ1) is 9.95. The van der Waals surface area contributed by atoms with Crippen molar-refractivity contribution >= 4 is 23.3 Å². The summed E-state index contributed by atoms with van der Waals surface area (Å²) in [5.74, 6) is -1.69. The van der Waals surface area contributed by atoms with Crippen LogP contribution in [0.25, 0.3) is 0 Å². The van der Waals surface area contributed by atoms with Crippen molar-refractivity contribution in [2.45, 2.75) is 6.10 Å². The van der Waals surface area contributed by atoms with E-state index >= 15 is 0 Å². The number of ether oxygens (including phenoxy) is 1. The Kier molecular flexibility index (Phi) is 6.08. The number of anilines is 1. The molecule has 9 nitrogen and oxygen atoms in total. The molecule has 0 bridgehead atoms. The molecule has 1 aromatic rings. The van der Waals surface area contributed by atoms with Crippen molar-refractivity contribution in [1.82, 2.24) is 5.32 Å². The molecule has 1 amide bonds. The summed E-state index contributed by atoms with van der Waals surface area (Å²) in [6, 6.07) is 5.89. The predicted molar refractivity (Wildman–Crippen MR) is 73.0 cm³/mol. The molecule has 0 aliphatic carbocycles. The number of carboxylic acid groups (broad SMARTS) is 1. The number of nitrogens with one attached hydrogen (secondary N) is 2. The Balaban J connectivity index is 2.50. The molecular formula is C12H15N3O6. The molecule has 0 aromatic heterocycles. The van der Waals surface area contributed by atoms with Gasteiger partial charge < -0.3 is 20.5 Å². The Hall–Kier alpha value is -2.68. The van der Waals surface area contributed by atoms with Crippen molar-refractivity contribution in [2.75, 3.05) is 25.5 Å². The number of carbonyl (C=O) groups is 2. The fraction of sp³-hybridized carbons (Fsp3) is 0.333. The lowest BCUT2D eigenvalue weighted by Crippen LogP contribution is -2.40. The van der Waals surface area contributed by atoms with Crippen molar-refractivity contribution in [3.8, 4) is 0 Å². The molecule has 21 heavy (non-hydrogen) atoms. The van der Waals surface area contributed by atoms with Crippen LogP contribution in [-0.4, -0.2) is 48.2 Å². The first kappa shape index (κ1) is 16.4. The number of aliphatic carboxylic acids is 1. The summed E-state index contributed by atoms with van der Waals surface area (Å²) in [6.45, 7) is -0.413. The van der Waals surface area contributed by atoms with E-state index in [4.69, 9.17) is 5.11 Å². The number of nitro groups is 1. The van der Waals surface area contributed by atoms with Gasteiger partial charge in [0, 0.05) is 13.2 Å². The highest BCUT2D eigenvalue weighted by molar-refractivity contribution is 5.82. The van der Waals surface area contributed by atoms with E-state index in [0.717, 1.165) is 0 Å². The van der Waals surface area contributed by atoms with Crippen LogP contribution in [0.5, 0.6) is 0 Å². The first-order valence-electron chi connectivity index (χ1n) is 5.95. The van der Waals surface area contributed by atoms with Crippen LogP contribution in [-0.2, 0) is 14.3 Å². The molecular weight excluding hydrogens is 282 g/mol. The van der Waals surface area contributed by atoms with Gasteiger partial charge in [-0.05, 0) is 6.07 Å². The zero-order valence-electron chi connectivity index (χ0n) is 11.2. The van der Waals surface area contributed by atoms with Gasteiger partial charge in [-0.3, -0.25) is 14.9 Å². The van der Waals surface area contributed by atoms with Gasteiger partial charge >= 0.3 is 5.97 Å². The van der Waals surface area contributed by atoms with Gasteiger partial charge in [0.05, 0.1) is 18.0 Å². The number of methoxy groups -OCH3 is 1. The Bertz CT molecular complexity index is 533. The molecule has 0 saturated carbocycles. The summed E-state index contributed by atoms with van der Waals surface area (Å²) in [5.41, 5.74) is 0.0600. The van der Waals surface area contributed by atoms with Gasteiger partial charge in [0.1, 0.15) is 5.69 Å². The molecule has 0 fully saturated rings. The number of hydrogen-bond acceptors (Lipinski definition) is 6. The van der Waals surface area contributed by atoms with E-state index in [1.54, 1.807) is 6.07 Å². The third-order valence-corrected chi connectivity index (χ3v) is 2.58. The third-order valence-electron chi connectivity index (χ3n) is 2.58. The molecule has 1 atom stereocenters. The molecule has 0 spiro atoms. The fourth-order valence-corrected chi connectivity index (χ4v) is 1.50. The van der Waals surface area contributed by atoms with Crippen molar-refractivity contribution < 1.29 is 24.4 Å². The Morgan fingerprint density at radius 1 is 1.43 bits per heavy atom. The Morgan fingerprint density at radius 3 is 2.67 bits per heavy atom. The van der Waals surface area contributed by atoms with Gasteiger partial charge in [0.15, 0.2) is 6.10 Å². The van der Waals surface area contributed by atoms with Crippen molar-refractivity contribution in [3.63, 3.8) is 0 Å². The van der Waals surface area contributed by atoms with Gasteiger partial charge in [0.2, 0.25) is 5.91 Å². The van der Waals surface area contributed by atoms with Gasteiger partial charge in [0.25, 0.3) is 5.69 Å². The van der Waals surface area contributed by atoms with Crippen LogP contribution in [0.4, 0.5) is 11.4 Å². The molecule has 1 aromatic carbocycles. The van der Waals surface area contributed by atoms with Crippen LogP contribution in [0.2, 0.25) is 0 Å². The van der Waals surface area contributed by atoms with Crippen LogP contribution < -0.4 is 10.6 Å². The maximum atomic E-state index is 11.5. The van der Waals surface area contributed by atoms with Gasteiger partial charge in [-0.15, -0.1) is 0 Å². The van der Waals surface area contributed by atoms with Crippen LogP contribution in [0.3, 0.4) is 0 Å². The van der Waals surface area contributed by atoms with E-state index in [2.05, 4.69) is 15.4 Å². The Labute approximate surface area is 120 Å². The molecule has 0 heterocycles. The number of amides is 1. The van der Waals surface area contributed by atoms with Crippen molar-refractivity contribution in [3.05, 3.63) is 34.4 Å². The molecule has 9 heteroatoms. The number of nitrogens with zero attached hydrogens (tertiary/aromatic N) is 1. The molecule has 1 unspecified atom stereocenters. The quantitative estimate of drug-likeness (QED) is 0.462. The highest BCUT2D eigenvalue weighted by Crippen LogP contribution is 2.22. The summed E-state index contributed by atoms with van der Waals surface area (Å²) < 4.78 is 4.65. The standard InChI is InChI=1S/C12H15N3O6/c1-21-10(12(17)18)6-14-11(16)7-13-8-4-2-3-5-9(8)15(19)20/h2-5,10,13H,6-7H2,1H3,(H,14,16)(H,17,18). The second kappa shape index (κ2) is 7.80. The lowest BCUT2D eigenvalue weighted by Gasteiger charge is -2.12. The number of carboxylic acids is 1. The van der Waals surface area contributed by atoms with E-state index in [1.807, 2.05) is 0 Å². The SMILES string of the molecule is COC(CNC(=O)CNc1ccccc1[N+](=O)[O-])C(=O)O. The van der Waals surface area contributed by atoms with Crippen molar-refractivity contribution in [1.29, 1.82) is 0 Å². The van der Waals surface area contributed by atoms with Crippen LogP contribution >= 0.6 is 0 Å². The molecule has 1 rings (SSSR count). The second-order valence-electron chi connectivity index (χ2n) is 3.99. The fourth-order valence-electron chi connectivity index (χ4n) is 1.50. The van der Waals surface area contributed by atoms with E-state index < -0.39 is 22.9 Å². The average Bonchev–Trinajstić information content (AvgIpc) is 2.45. The number of rotatable bonds is 8. The molecule has 0 aliphatic rings. The normalized spacial score (nSPS) is 11.5. The van der Waals surface area contributed by atoms with E-state index in [9.17, 15) is 19.7 Å². The van der Waals surface area contributed by atoms with E-state index in [1.165, 1.54) is 25.3 Å². The van der Waals surface area contributed by atoms with Crippen molar-refractivity contribution in [2.24, 2.45) is 0 Å². The Morgan fingerprint density at radius 2 is 2.10 bits per heavy atom. The van der Waals surface area contributed by atoms with Gasteiger partial charge in [-0.25, -0.2) is 4.79 Å². The minimum absolute atomic E-state index is 0.148. The maximum absolute atomic E-state index is 11.5. The zero-order valence-corrected chi connectivity index (χ0v) is 11.2. The number of benzene rings is 1. The third kappa shape index (κ3) is 5.07. The van der Waals surface area contributed by atoms with Gasteiger partial charge in [-0.1, -0.05) is 12.1 Å². The molecule has 0 radical (unpaired) electrons. The lowest BCUT2D eigenvalue weighted by molar-refractivity contribution is -0.383. The monoisotopic (exact) mass is 297 g/mol. The summed E-state index contributed by atoms with van der Waals surface area (Å²) in [7, 11) is 1.22. The summed E-state index contributed by atoms with van der Waals surface area (Å²) in [4.78, 5) is 32.4. The van der Waals surface area contributed by atoms with Crippen LogP contribution in [0.15, 0.2) is 24.3 Å². The smallest absolute Gasteiger partial charge is 0.334 e. The number of carbonyl (C=O) groups excluding carboxylic acids is 1. The van der Waals surface area contributed by atoms with E-state index in [-0.39, 0.29) is 24.5 Å². The van der Waals surface area contributed by atoms with Crippen LogP contribution in [0.1, 0.15) is 0 Å². The molecule has 3 N–H and O–H groups in total. The number of hydrogen-bond donors (Lipinski definition) is 3. The topological polar surface area (TPSA) is 131 Å². The lowest BCUT2D eigenvalue weighted by atomic mass is 10.2. The second-order valence-corrected chi connectivity index (χ2v) is 3.99. The van der Waals surface area contributed by atoms with E-state index in [0.29, 0.717) is 0 Å². The number of para-hydroxylation sites is 2. The highest BCUT2D eigenvalue weighted by atomic mass is 16.6. The zero-order chi connectivity index (χ0) is 15.8. The summed E-state index contributed by atoms with van der Waals surface area (Å²) >= 11 is 0. The number of nitro benzene ring substituents is 1. The first-order valence-corrected chi connectivity index (χ1v) is 5.95. The van der Waals surface area contributed by atoms with Gasteiger partial charge in [-0.2, -0.15) is 0 Å². The summed E-state index contributed by atoms with van der Waals surface area (Å²) in [5, 5.41) is 24.5.